The van der Waals surface area contributed by atoms with Crippen LogP contribution in [0.2, 0.25) is 5.02 Å². The van der Waals surface area contributed by atoms with Crippen LogP contribution in [0.15, 0.2) is 29.4 Å². The van der Waals surface area contributed by atoms with Crippen molar-refractivity contribution in [2.24, 2.45) is 0 Å². The van der Waals surface area contributed by atoms with Gasteiger partial charge in [-0.1, -0.05) is 35.5 Å². The van der Waals surface area contributed by atoms with Crippen molar-refractivity contribution < 1.29 is 13.2 Å². The van der Waals surface area contributed by atoms with Gasteiger partial charge in [-0.2, -0.15) is 0 Å². The Balaban J connectivity index is 1.61. The number of para-hydroxylation sites is 1. The number of carbonyl (C=O) groups excluding carboxylic acids is 1. The quantitative estimate of drug-likeness (QED) is 0.543. The lowest BCUT2D eigenvalue weighted by molar-refractivity contribution is -0.131. The molecule has 0 unspecified atom stereocenters. The highest BCUT2D eigenvalue weighted by Crippen LogP contribution is 2.34. The average molecular weight is 498 g/mol. The Kier molecular flexibility index (Phi) is 7.02. The number of sulfone groups is 1. The molecule has 8 nitrogen and oxygen atoms in total. The number of hydrogen-bond acceptors (Lipinski definition) is 7. The molecule has 0 saturated carbocycles. The first-order chi connectivity index (χ1) is 15.3. The molecule has 0 radical (unpaired) electrons. The summed E-state index contributed by atoms with van der Waals surface area (Å²) >= 11 is 7.84. The molecule has 32 heavy (non-hydrogen) atoms. The summed E-state index contributed by atoms with van der Waals surface area (Å²) in [7, 11) is -3.07. The third kappa shape index (κ3) is 4.77. The van der Waals surface area contributed by atoms with Crippen molar-refractivity contribution in [2.75, 3.05) is 36.0 Å². The van der Waals surface area contributed by atoms with Gasteiger partial charge in [0.25, 0.3) is 0 Å². The van der Waals surface area contributed by atoms with Gasteiger partial charge in [-0.25, -0.2) is 8.42 Å². The van der Waals surface area contributed by atoms with Crippen LogP contribution in [0.4, 0.5) is 5.95 Å². The maximum absolute atomic E-state index is 13.3. The summed E-state index contributed by atoms with van der Waals surface area (Å²) < 4.78 is 25.8. The van der Waals surface area contributed by atoms with E-state index in [0.29, 0.717) is 23.1 Å². The molecule has 2 aliphatic heterocycles. The second-order valence-electron chi connectivity index (χ2n) is 8.20. The molecule has 2 saturated heterocycles. The van der Waals surface area contributed by atoms with Crippen molar-refractivity contribution in [3.8, 4) is 5.69 Å². The van der Waals surface area contributed by atoms with Crippen molar-refractivity contribution in [2.45, 2.75) is 49.6 Å². The first-order valence-corrected chi connectivity index (χ1v) is 14.0. The Morgan fingerprint density at radius 1 is 1.28 bits per heavy atom. The van der Waals surface area contributed by atoms with Gasteiger partial charge < -0.3 is 9.80 Å². The van der Waals surface area contributed by atoms with Gasteiger partial charge in [0.05, 0.1) is 27.5 Å². The number of nitrogens with zero attached hydrogens (tertiary/aromatic N) is 5. The first-order valence-electron chi connectivity index (χ1n) is 10.9. The van der Waals surface area contributed by atoms with Gasteiger partial charge in [0.2, 0.25) is 11.9 Å². The molecule has 0 aliphatic carbocycles. The molecule has 0 N–H and O–H groups in total. The van der Waals surface area contributed by atoms with Gasteiger partial charge in [-0.3, -0.25) is 9.36 Å². The standard InChI is InChI=1S/C21H28ClN5O3S2/c1-3-26(16-10-13-32(29,30)14-16)19(28)15(2)31-21-24-23-20(25-11-6-7-12-25)27(21)18-9-5-4-8-17(18)22/h4-5,8-9,15-16H,3,6-7,10-14H2,1-2H3/t15-,16-/m0/s1. The summed E-state index contributed by atoms with van der Waals surface area (Å²) in [5.41, 5.74) is 0.775. The maximum Gasteiger partial charge on any atom is 0.236 e. The molecule has 3 heterocycles. The summed E-state index contributed by atoms with van der Waals surface area (Å²) in [5, 5.41) is 9.59. The van der Waals surface area contributed by atoms with E-state index >= 15 is 0 Å². The van der Waals surface area contributed by atoms with Gasteiger partial charge in [-0.15, -0.1) is 10.2 Å². The molecule has 2 aromatic rings. The van der Waals surface area contributed by atoms with Gasteiger partial charge in [0, 0.05) is 25.7 Å². The number of rotatable bonds is 7. The van der Waals surface area contributed by atoms with E-state index in [1.165, 1.54) is 11.8 Å². The van der Waals surface area contributed by atoms with Crippen molar-refractivity contribution in [1.82, 2.24) is 19.7 Å². The fourth-order valence-electron chi connectivity index (χ4n) is 4.36. The number of aromatic nitrogens is 3. The van der Waals surface area contributed by atoms with Crippen LogP contribution in [-0.2, 0) is 14.6 Å². The van der Waals surface area contributed by atoms with Crippen molar-refractivity contribution >= 4 is 45.1 Å². The zero-order valence-corrected chi connectivity index (χ0v) is 20.7. The number of anilines is 1. The van der Waals surface area contributed by atoms with E-state index in [-0.39, 0.29) is 23.5 Å². The summed E-state index contributed by atoms with van der Waals surface area (Å²) in [5.74, 6) is 0.824. The van der Waals surface area contributed by atoms with Crippen molar-refractivity contribution in [3.05, 3.63) is 29.3 Å². The number of hydrogen-bond donors (Lipinski definition) is 0. The van der Waals surface area contributed by atoms with Gasteiger partial charge in [0.1, 0.15) is 0 Å². The van der Waals surface area contributed by atoms with E-state index in [0.717, 1.165) is 37.6 Å². The van der Waals surface area contributed by atoms with Crippen molar-refractivity contribution in [3.63, 3.8) is 0 Å². The fraction of sp³-hybridized carbons (Fsp3) is 0.571. The molecule has 0 bridgehead atoms. The lowest BCUT2D eigenvalue weighted by Gasteiger charge is -2.29. The smallest absolute Gasteiger partial charge is 0.236 e. The van der Waals surface area contributed by atoms with Crippen molar-refractivity contribution in [1.29, 1.82) is 0 Å². The summed E-state index contributed by atoms with van der Waals surface area (Å²) in [6, 6.07) is 7.27. The Morgan fingerprint density at radius 2 is 2.00 bits per heavy atom. The molecule has 4 rings (SSSR count). The highest BCUT2D eigenvalue weighted by Gasteiger charge is 2.36. The van der Waals surface area contributed by atoms with E-state index in [1.54, 1.807) is 4.90 Å². The topological polar surface area (TPSA) is 88.4 Å². The molecular weight excluding hydrogens is 470 g/mol. The predicted molar refractivity (Wildman–Crippen MR) is 128 cm³/mol. The molecule has 2 atom stereocenters. The van der Waals surface area contributed by atoms with Crippen LogP contribution in [0.25, 0.3) is 5.69 Å². The van der Waals surface area contributed by atoms with Crippen LogP contribution in [-0.4, -0.2) is 76.4 Å². The minimum Gasteiger partial charge on any atom is -0.341 e. The lowest BCUT2D eigenvalue weighted by Crippen LogP contribution is -2.44. The van der Waals surface area contributed by atoms with Crippen LogP contribution in [0, 0.1) is 0 Å². The zero-order valence-electron chi connectivity index (χ0n) is 18.3. The second kappa shape index (κ2) is 9.61. The Morgan fingerprint density at radius 3 is 2.62 bits per heavy atom. The normalized spacial score (nSPS) is 21.1. The van der Waals surface area contributed by atoms with E-state index in [2.05, 4.69) is 15.1 Å². The highest BCUT2D eigenvalue weighted by atomic mass is 35.5. The molecule has 1 aromatic carbocycles. The lowest BCUT2D eigenvalue weighted by atomic mass is 10.2. The fourth-order valence-corrected chi connectivity index (χ4v) is 7.24. The Labute approximate surface area is 198 Å². The van der Waals surface area contributed by atoms with Crippen LogP contribution in [0.3, 0.4) is 0 Å². The Hall–Kier alpha value is -1.78. The van der Waals surface area contributed by atoms with E-state index in [1.807, 2.05) is 42.7 Å². The average Bonchev–Trinajstić information content (AvgIpc) is 3.49. The molecule has 2 aliphatic rings. The summed E-state index contributed by atoms with van der Waals surface area (Å²) in [6.07, 6.45) is 2.69. The van der Waals surface area contributed by atoms with Gasteiger partial charge >= 0.3 is 0 Å². The minimum atomic E-state index is -3.07. The van der Waals surface area contributed by atoms with Crippen LogP contribution >= 0.6 is 23.4 Å². The van der Waals surface area contributed by atoms with Gasteiger partial charge in [0.15, 0.2) is 15.0 Å². The summed E-state index contributed by atoms with van der Waals surface area (Å²) in [4.78, 5) is 17.2. The van der Waals surface area contributed by atoms with E-state index in [9.17, 15) is 13.2 Å². The summed E-state index contributed by atoms with van der Waals surface area (Å²) in [6.45, 7) is 6.00. The van der Waals surface area contributed by atoms with Crippen LogP contribution < -0.4 is 4.90 Å². The maximum atomic E-state index is 13.3. The van der Waals surface area contributed by atoms with Crippen LogP contribution in [0.5, 0.6) is 0 Å². The molecule has 11 heteroatoms. The largest absolute Gasteiger partial charge is 0.341 e. The molecule has 1 amide bonds. The second-order valence-corrected chi connectivity index (χ2v) is 12.1. The molecular formula is C21H28ClN5O3S2. The molecule has 2 fully saturated rings. The third-order valence-electron chi connectivity index (χ3n) is 6.00. The number of halogens is 1. The SMILES string of the molecule is CCN(C(=O)[C@H](C)Sc1nnc(N2CCCC2)n1-c1ccccc1Cl)[C@H]1CCS(=O)(=O)C1. The van der Waals surface area contributed by atoms with E-state index < -0.39 is 15.1 Å². The van der Waals surface area contributed by atoms with E-state index in [4.69, 9.17) is 11.6 Å². The molecule has 0 spiro atoms. The highest BCUT2D eigenvalue weighted by molar-refractivity contribution is 8.00. The molecule has 1 aromatic heterocycles. The zero-order chi connectivity index (χ0) is 22.9. The molecule has 174 valence electrons. The number of carbonyl (C=O) groups is 1. The third-order valence-corrected chi connectivity index (χ3v) is 9.10. The monoisotopic (exact) mass is 497 g/mol. The number of amides is 1. The number of thioether (sulfide) groups is 1. The first kappa shape index (κ1) is 23.4. The van der Waals surface area contributed by atoms with Crippen LogP contribution in [0.1, 0.15) is 33.1 Å². The number of benzene rings is 1. The predicted octanol–water partition coefficient (Wildman–Crippen LogP) is 3.04. The van der Waals surface area contributed by atoms with Gasteiger partial charge in [-0.05, 0) is 45.2 Å². The Bertz CT molecular complexity index is 1080. The minimum absolute atomic E-state index is 0.0406.